The SMILES string of the molecule is C=CCC.C=CCC.C=Cc1ccccc1.C=Cc1ccccc1. The molecule has 0 saturated heterocycles. The Morgan fingerprint density at radius 3 is 0.958 bits per heavy atom. The van der Waals surface area contributed by atoms with Crippen LogP contribution in [0.2, 0.25) is 0 Å². The molecule has 0 nitrogen and oxygen atoms in total. The van der Waals surface area contributed by atoms with Crippen molar-refractivity contribution in [2.75, 3.05) is 0 Å². The van der Waals surface area contributed by atoms with Gasteiger partial charge in [0, 0.05) is 0 Å². The molecule has 2 aromatic rings. The molecule has 0 aliphatic carbocycles. The Kier molecular flexibility index (Phi) is 20.1. The molecule has 24 heavy (non-hydrogen) atoms. The Labute approximate surface area is 149 Å². The minimum Gasteiger partial charge on any atom is -0.103 e. The van der Waals surface area contributed by atoms with E-state index < -0.39 is 0 Å². The lowest BCUT2D eigenvalue weighted by atomic mass is 10.2. The Morgan fingerprint density at radius 2 is 0.833 bits per heavy atom. The number of hydrogen-bond donors (Lipinski definition) is 0. The van der Waals surface area contributed by atoms with Crippen LogP contribution in [0.4, 0.5) is 0 Å². The molecule has 0 radical (unpaired) electrons. The summed E-state index contributed by atoms with van der Waals surface area (Å²) in [5, 5.41) is 0. The number of rotatable bonds is 4. The first-order chi connectivity index (χ1) is 11.7. The zero-order valence-electron chi connectivity index (χ0n) is 15.3. The topological polar surface area (TPSA) is 0 Å². The highest BCUT2D eigenvalue weighted by Crippen LogP contribution is 1.98. The van der Waals surface area contributed by atoms with Crippen LogP contribution in [-0.4, -0.2) is 0 Å². The van der Waals surface area contributed by atoms with Crippen molar-refractivity contribution in [3.63, 3.8) is 0 Å². The molecule has 0 saturated carbocycles. The molecule has 0 aliphatic heterocycles. The van der Waals surface area contributed by atoms with E-state index in [-0.39, 0.29) is 0 Å². The van der Waals surface area contributed by atoms with Gasteiger partial charge in [-0.05, 0) is 24.0 Å². The lowest BCUT2D eigenvalue weighted by Crippen LogP contribution is -1.63. The summed E-state index contributed by atoms with van der Waals surface area (Å²) in [4.78, 5) is 0. The second kappa shape index (κ2) is 20.4. The van der Waals surface area contributed by atoms with E-state index in [0.717, 1.165) is 12.8 Å². The first-order valence-electron chi connectivity index (χ1n) is 8.26. The van der Waals surface area contributed by atoms with Crippen molar-refractivity contribution in [3.8, 4) is 0 Å². The first kappa shape index (κ1) is 23.7. The van der Waals surface area contributed by atoms with Gasteiger partial charge in [-0.2, -0.15) is 0 Å². The molecule has 2 aromatic carbocycles. The van der Waals surface area contributed by atoms with Crippen molar-refractivity contribution in [1.29, 1.82) is 0 Å². The van der Waals surface area contributed by atoms with E-state index in [9.17, 15) is 0 Å². The third-order valence-electron chi connectivity index (χ3n) is 2.65. The summed E-state index contributed by atoms with van der Waals surface area (Å²) < 4.78 is 0. The standard InChI is InChI=1S/2C8H8.2C4H8/c2*1-2-8-6-4-3-5-7-8;2*1-3-4-2/h2*2-7H,1H2;2*3H,1,4H2,2H3. The van der Waals surface area contributed by atoms with Gasteiger partial charge in [0.1, 0.15) is 0 Å². The summed E-state index contributed by atoms with van der Waals surface area (Å²) in [6, 6.07) is 20.1. The van der Waals surface area contributed by atoms with Crippen LogP contribution in [0.5, 0.6) is 0 Å². The van der Waals surface area contributed by atoms with Gasteiger partial charge >= 0.3 is 0 Å². The lowest BCUT2D eigenvalue weighted by Gasteiger charge is -1.85. The van der Waals surface area contributed by atoms with E-state index >= 15 is 0 Å². The minimum absolute atomic E-state index is 1.08. The van der Waals surface area contributed by atoms with Gasteiger partial charge in [0.15, 0.2) is 0 Å². The third kappa shape index (κ3) is 17.5. The zero-order chi connectivity index (χ0) is 18.5. The van der Waals surface area contributed by atoms with Crippen molar-refractivity contribution in [2.24, 2.45) is 0 Å². The fourth-order valence-electron chi connectivity index (χ4n) is 1.18. The Balaban J connectivity index is 0. The molecular weight excluding hydrogens is 288 g/mol. The van der Waals surface area contributed by atoms with Gasteiger partial charge in [-0.15, -0.1) is 13.2 Å². The maximum atomic E-state index is 3.63. The fraction of sp³-hybridized carbons (Fsp3) is 0.167. The second-order valence-electron chi connectivity index (χ2n) is 4.62. The lowest BCUT2D eigenvalue weighted by molar-refractivity contribution is 1.23. The van der Waals surface area contributed by atoms with E-state index in [1.807, 2.05) is 85.0 Å². The number of benzene rings is 2. The van der Waals surface area contributed by atoms with Gasteiger partial charge in [-0.25, -0.2) is 0 Å². The van der Waals surface area contributed by atoms with E-state index in [1.165, 1.54) is 11.1 Å². The second-order valence-corrected chi connectivity index (χ2v) is 4.62. The average molecular weight is 321 g/mol. The van der Waals surface area contributed by atoms with Gasteiger partial charge in [0.05, 0.1) is 0 Å². The summed E-state index contributed by atoms with van der Waals surface area (Å²) in [7, 11) is 0. The third-order valence-corrected chi connectivity index (χ3v) is 2.65. The smallest absolute Gasteiger partial charge is 0.0263 e. The van der Waals surface area contributed by atoms with Crippen molar-refractivity contribution in [3.05, 3.63) is 110 Å². The molecule has 0 unspecified atom stereocenters. The summed E-state index contributed by atoms with van der Waals surface area (Å²) in [6.07, 6.45) is 9.58. The molecule has 2 rings (SSSR count). The first-order valence-corrected chi connectivity index (χ1v) is 8.26. The van der Waals surface area contributed by atoms with Crippen LogP contribution in [0, 0.1) is 0 Å². The molecule has 0 amide bonds. The molecule has 0 heterocycles. The largest absolute Gasteiger partial charge is 0.103 e. The molecular formula is C24H32. The molecule has 0 spiro atoms. The van der Waals surface area contributed by atoms with Crippen LogP contribution in [0.1, 0.15) is 37.8 Å². The minimum atomic E-state index is 1.08. The number of hydrogen-bond acceptors (Lipinski definition) is 0. The van der Waals surface area contributed by atoms with Gasteiger partial charge < -0.3 is 0 Å². The molecule has 0 heteroatoms. The van der Waals surface area contributed by atoms with Gasteiger partial charge in [-0.1, -0.05) is 112 Å². The quantitative estimate of drug-likeness (QED) is 0.504. The zero-order valence-corrected chi connectivity index (χ0v) is 15.3. The Hall–Kier alpha value is -2.60. The van der Waals surface area contributed by atoms with E-state index in [4.69, 9.17) is 0 Å². The van der Waals surface area contributed by atoms with Crippen molar-refractivity contribution < 1.29 is 0 Å². The fourth-order valence-corrected chi connectivity index (χ4v) is 1.18. The van der Waals surface area contributed by atoms with Crippen LogP contribution in [-0.2, 0) is 0 Å². The molecule has 0 bridgehead atoms. The summed E-state index contributed by atoms with van der Waals surface area (Å²) >= 11 is 0. The van der Waals surface area contributed by atoms with Gasteiger partial charge in [-0.3, -0.25) is 0 Å². The highest BCUT2D eigenvalue weighted by molar-refractivity contribution is 5.46. The Morgan fingerprint density at radius 1 is 0.583 bits per heavy atom. The molecule has 0 aliphatic rings. The maximum Gasteiger partial charge on any atom is -0.0263 e. The molecule has 0 atom stereocenters. The van der Waals surface area contributed by atoms with Crippen LogP contribution in [0.15, 0.2) is 99.1 Å². The number of allylic oxidation sites excluding steroid dienone is 2. The van der Waals surface area contributed by atoms with Crippen LogP contribution in [0.3, 0.4) is 0 Å². The molecule has 128 valence electrons. The van der Waals surface area contributed by atoms with Crippen molar-refractivity contribution >= 4 is 12.2 Å². The monoisotopic (exact) mass is 320 g/mol. The highest BCUT2D eigenvalue weighted by Gasteiger charge is 1.76. The predicted octanol–water partition coefficient (Wildman–Crippen LogP) is 7.82. The maximum absolute atomic E-state index is 3.63. The molecule has 0 N–H and O–H groups in total. The Bertz CT molecular complexity index is 469. The summed E-state index contributed by atoms with van der Waals surface area (Å²) in [5.74, 6) is 0. The normalized spacial score (nSPS) is 7.75. The summed E-state index contributed by atoms with van der Waals surface area (Å²) in [6.45, 7) is 18.3. The average Bonchev–Trinajstić information content (AvgIpc) is 2.70. The summed E-state index contributed by atoms with van der Waals surface area (Å²) in [5.41, 5.74) is 2.35. The van der Waals surface area contributed by atoms with Crippen LogP contribution >= 0.6 is 0 Å². The van der Waals surface area contributed by atoms with E-state index in [2.05, 4.69) is 40.2 Å². The van der Waals surface area contributed by atoms with Gasteiger partial charge in [0.2, 0.25) is 0 Å². The molecule has 0 fully saturated rings. The van der Waals surface area contributed by atoms with Crippen molar-refractivity contribution in [1.82, 2.24) is 0 Å². The van der Waals surface area contributed by atoms with Crippen LogP contribution < -0.4 is 0 Å². The van der Waals surface area contributed by atoms with E-state index in [0.29, 0.717) is 0 Å². The predicted molar refractivity (Wildman–Crippen MR) is 114 cm³/mol. The van der Waals surface area contributed by atoms with Crippen molar-refractivity contribution in [2.45, 2.75) is 26.7 Å². The molecule has 0 aromatic heterocycles. The van der Waals surface area contributed by atoms with Crippen LogP contribution in [0.25, 0.3) is 12.2 Å². The van der Waals surface area contributed by atoms with E-state index in [1.54, 1.807) is 0 Å². The van der Waals surface area contributed by atoms with Gasteiger partial charge in [0.25, 0.3) is 0 Å². The highest BCUT2D eigenvalue weighted by atomic mass is 13.8.